The number of rotatable bonds is 4. The number of hydrazine groups is 1. The van der Waals surface area contributed by atoms with Crippen LogP contribution in [0.1, 0.15) is 27.2 Å². The molecule has 0 fully saturated rings. The number of aromatic nitrogens is 1. The molecule has 23 heavy (non-hydrogen) atoms. The van der Waals surface area contributed by atoms with E-state index in [0.29, 0.717) is 11.3 Å². The second-order valence-electron chi connectivity index (χ2n) is 5.30. The third-order valence-corrected chi connectivity index (χ3v) is 3.05. The first-order valence-corrected chi connectivity index (χ1v) is 7.17. The molecule has 2 amide bonds. The number of pyridine rings is 1. The molecule has 6 nitrogen and oxygen atoms in total. The first-order chi connectivity index (χ1) is 10.9. The van der Waals surface area contributed by atoms with Crippen molar-refractivity contribution in [2.24, 2.45) is 0 Å². The van der Waals surface area contributed by atoms with Crippen molar-refractivity contribution in [1.82, 2.24) is 15.8 Å². The lowest BCUT2D eigenvalue weighted by Crippen LogP contribution is -2.43. The van der Waals surface area contributed by atoms with Crippen LogP contribution in [0.4, 0.5) is 0 Å². The van der Waals surface area contributed by atoms with Crippen LogP contribution in [0.2, 0.25) is 0 Å². The number of carbonyl (C=O) groups is 2. The van der Waals surface area contributed by atoms with Crippen LogP contribution < -0.4 is 15.6 Å². The van der Waals surface area contributed by atoms with Crippen molar-refractivity contribution in [1.29, 1.82) is 0 Å². The zero-order valence-corrected chi connectivity index (χ0v) is 13.3. The average Bonchev–Trinajstić information content (AvgIpc) is 2.50. The van der Waals surface area contributed by atoms with Gasteiger partial charge in [0.25, 0.3) is 11.8 Å². The number of benzene rings is 1. The van der Waals surface area contributed by atoms with Crippen molar-refractivity contribution in [3.05, 3.63) is 58.9 Å². The van der Waals surface area contributed by atoms with Gasteiger partial charge in [0.1, 0.15) is 5.75 Å². The van der Waals surface area contributed by atoms with Gasteiger partial charge in [-0.05, 0) is 56.2 Å². The monoisotopic (exact) mass is 313 g/mol. The fraction of sp³-hybridized carbons (Fsp3) is 0.235. The maximum absolute atomic E-state index is 11.8. The lowest BCUT2D eigenvalue weighted by molar-refractivity contribution is -0.123. The summed E-state index contributed by atoms with van der Waals surface area (Å²) in [6, 6.07) is 9.06. The van der Waals surface area contributed by atoms with E-state index in [0.717, 1.165) is 16.8 Å². The van der Waals surface area contributed by atoms with Crippen molar-refractivity contribution in [2.75, 3.05) is 6.61 Å². The molecule has 2 rings (SSSR count). The second-order valence-corrected chi connectivity index (χ2v) is 5.30. The summed E-state index contributed by atoms with van der Waals surface area (Å²) in [5, 5.41) is 0. The van der Waals surface area contributed by atoms with Crippen molar-refractivity contribution < 1.29 is 14.3 Å². The van der Waals surface area contributed by atoms with Crippen molar-refractivity contribution in [3.8, 4) is 5.75 Å². The van der Waals surface area contributed by atoms with Crippen molar-refractivity contribution in [2.45, 2.75) is 20.8 Å². The molecule has 1 aromatic heterocycles. The van der Waals surface area contributed by atoms with Gasteiger partial charge < -0.3 is 4.74 Å². The van der Waals surface area contributed by atoms with Gasteiger partial charge in [0.05, 0.1) is 5.56 Å². The maximum atomic E-state index is 11.8. The van der Waals surface area contributed by atoms with Crippen LogP contribution in [-0.2, 0) is 4.79 Å². The lowest BCUT2D eigenvalue weighted by atomic mass is 10.1. The Bertz CT molecular complexity index is 691. The highest BCUT2D eigenvalue weighted by Gasteiger charge is 2.08. The molecular weight excluding hydrogens is 294 g/mol. The first-order valence-electron chi connectivity index (χ1n) is 7.17. The van der Waals surface area contributed by atoms with Gasteiger partial charge in [-0.3, -0.25) is 25.4 Å². The third kappa shape index (κ3) is 5.10. The predicted molar refractivity (Wildman–Crippen MR) is 86.0 cm³/mol. The van der Waals surface area contributed by atoms with E-state index in [1.807, 2.05) is 39.0 Å². The standard InChI is InChI=1S/C17H19N3O3/c1-11-6-12(2)8-15(7-11)23-10-16(21)19-20-17(22)14-5-4-13(3)18-9-14/h4-9H,10H2,1-3H3,(H,19,21)(H,20,22). The molecule has 0 radical (unpaired) electrons. The summed E-state index contributed by atoms with van der Waals surface area (Å²) in [7, 11) is 0. The smallest absolute Gasteiger partial charge is 0.276 e. The molecule has 0 aliphatic rings. The zero-order valence-electron chi connectivity index (χ0n) is 13.3. The number of hydrogen-bond acceptors (Lipinski definition) is 4. The largest absolute Gasteiger partial charge is 0.484 e. The summed E-state index contributed by atoms with van der Waals surface area (Å²) < 4.78 is 5.41. The van der Waals surface area contributed by atoms with Crippen LogP contribution in [0.15, 0.2) is 36.5 Å². The molecule has 0 unspecified atom stereocenters. The van der Waals surface area contributed by atoms with E-state index in [1.54, 1.807) is 12.1 Å². The number of amides is 2. The summed E-state index contributed by atoms with van der Waals surface area (Å²) in [4.78, 5) is 27.5. The molecule has 0 atom stereocenters. The van der Waals surface area contributed by atoms with Crippen molar-refractivity contribution in [3.63, 3.8) is 0 Å². The van der Waals surface area contributed by atoms with E-state index in [9.17, 15) is 9.59 Å². The minimum Gasteiger partial charge on any atom is -0.484 e. The number of carbonyl (C=O) groups excluding carboxylic acids is 2. The number of hydrogen-bond donors (Lipinski definition) is 2. The fourth-order valence-corrected chi connectivity index (χ4v) is 2.00. The minimum atomic E-state index is -0.447. The average molecular weight is 313 g/mol. The van der Waals surface area contributed by atoms with Gasteiger partial charge in [0, 0.05) is 11.9 Å². The number of ether oxygens (including phenoxy) is 1. The van der Waals surface area contributed by atoms with Gasteiger partial charge >= 0.3 is 0 Å². The first kappa shape index (κ1) is 16.5. The Morgan fingerprint density at radius 3 is 2.35 bits per heavy atom. The molecule has 0 saturated heterocycles. The van der Waals surface area contributed by atoms with E-state index >= 15 is 0 Å². The van der Waals surface area contributed by atoms with Gasteiger partial charge in [0.2, 0.25) is 0 Å². The van der Waals surface area contributed by atoms with E-state index < -0.39 is 11.8 Å². The normalized spacial score (nSPS) is 10.0. The summed E-state index contributed by atoms with van der Waals surface area (Å²) in [5.41, 5.74) is 7.91. The SMILES string of the molecule is Cc1cc(C)cc(OCC(=O)NNC(=O)c2ccc(C)nc2)c1. The molecule has 120 valence electrons. The lowest BCUT2D eigenvalue weighted by Gasteiger charge is -2.10. The van der Waals surface area contributed by atoms with Crippen LogP contribution in [0.5, 0.6) is 5.75 Å². The molecule has 1 heterocycles. The van der Waals surface area contributed by atoms with Crippen LogP contribution in [0, 0.1) is 20.8 Å². The number of nitrogens with zero attached hydrogens (tertiary/aromatic N) is 1. The maximum Gasteiger partial charge on any atom is 0.276 e. The van der Waals surface area contributed by atoms with E-state index in [-0.39, 0.29) is 6.61 Å². The van der Waals surface area contributed by atoms with Gasteiger partial charge in [-0.1, -0.05) is 6.07 Å². The van der Waals surface area contributed by atoms with Crippen LogP contribution in [0.3, 0.4) is 0 Å². The Labute approximate surface area is 134 Å². The molecule has 0 aliphatic heterocycles. The molecule has 0 spiro atoms. The van der Waals surface area contributed by atoms with Crippen LogP contribution >= 0.6 is 0 Å². The molecular formula is C17H19N3O3. The Morgan fingerprint density at radius 2 is 1.74 bits per heavy atom. The molecule has 2 aromatic rings. The number of aryl methyl sites for hydroxylation is 3. The summed E-state index contributed by atoms with van der Waals surface area (Å²) >= 11 is 0. The van der Waals surface area contributed by atoms with Gasteiger partial charge in [-0.15, -0.1) is 0 Å². The number of nitrogens with one attached hydrogen (secondary N) is 2. The Hall–Kier alpha value is -2.89. The molecule has 1 aromatic carbocycles. The Morgan fingerprint density at radius 1 is 1.04 bits per heavy atom. The molecule has 0 bridgehead atoms. The molecule has 0 saturated carbocycles. The zero-order chi connectivity index (χ0) is 16.8. The quantitative estimate of drug-likeness (QED) is 0.844. The third-order valence-electron chi connectivity index (χ3n) is 3.05. The van der Waals surface area contributed by atoms with Gasteiger partial charge in [-0.25, -0.2) is 0 Å². The summed E-state index contributed by atoms with van der Waals surface area (Å²) in [6.07, 6.45) is 1.45. The van der Waals surface area contributed by atoms with Crippen LogP contribution in [0.25, 0.3) is 0 Å². The Kier molecular flexibility index (Phi) is 5.30. The van der Waals surface area contributed by atoms with Gasteiger partial charge in [0.15, 0.2) is 6.61 Å². The van der Waals surface area contributed by atoms with Crippen LogP contribution in [-0.4, -0.2) is 23.4 Å². The molecule has 6 heteroatoms. The van der Waals surface area contributed by atoms with E-state index in [4.69, 9.17) is 4.74 Å². The topological polar surface area (TPSA) is 80.3 Å². The molecule has 0 aliphatic carbocycles. The fourth-order valence-electron chi connectivity index (χ4n) is 2.00. The summed E-state index contributed by atoms with van der Waals surface area (Å²) in [6.45, 7) is 5.55. The highest BCUT2D eigenvalue weighted by atomic mass is 16.5. The highest BCUT2D eigenvalue weighted by molar-refractivity contribution is 5.95. The van der Waals surface area contributed by atoms with E-state index in [2.05, 4.69) is 15.8 Å². The van der Waals surface area contributed by atoms with Crippen molar-refractivity contribution >= 4 is 11.8 Å². The Balaban J connectivity index is 1.80. The van der Waals surface area contributed by atoms with E-state index in [1.165, 1.54) is 6.20 Å². The molecule has 2 N–H and O–H groups in total. The second kappa shape index (κ2) is 7.40. The summed E-state index contributed by atoms with van der Waals surface area (Å²) in [5.74, 6) is -0.262. The predicted octanol–water partition coefficient (Wildman–Crippen LogP) is 1.85. The van der Waals surface area contributed by atoms with Gasteiger partial charge in [-0.2, -0.15) is 0 Å². The highest BCUT2D eigenvalue weighted by Crippen LogP contribution is 2.15. The minimum absolute atomic E-state index is 0.185.